The molecule has 0 bridgehead atoms. The van der Waals surface area contributed by atoms with Crippen molar-refractivity contribution in [1.82, 2.24) is 9.61 Å². The van der Waals surface area contributed by atoms with E-state index < -0.39 is 17.8 Å². The summed E-state index contributed by atoms with van der Waals surface area (Å²) in [6.07, 6.45) is 6.50. The molecular formula is C29H49N3O6. The number of ether oxygens (including phenoxy) is 4. The van der Waals surface area contributed by atoms with E-state index in [4.69, 9.17) is 24.7 Å². The number of ketones is 1. The molecule has 0 amide bonds. The smallest absolute Gasteiger partial charge is 0.212 e. The summed E-state index contributed by atoms with van der Waals surface area (Å²) in [5.74, 6) is -0.332. The highest BCUT2D eigenvalue weighted by molar-refractivity contribution is 6.00. The van der Waals surface area contributed by atoms with Gasteiger partial charge in [0.1, 0.15) is 17.4 Å². The first-order chi connectivity index (χ1) is 18.4. The molecule has 0 fully saturated rings. The fraction of sp³-hybridized carbons (Fsp3) is 0.724. The first-order valence-corrected chi connectivity index (χ1v) is 14.3. The number of anilines is 1. The average Bonchev–Trinajstić information content (AvgIpc) is 3.35. The number of fused-ring (bicyclic) bond motifs is 1. The summed E-state index contributed by atoms with van der Waals surface area (Å²) >= 11 is 0. The van der Waals surface area contributed by atoms with Crippen molar-refractivity contribution in [2.45, 2.75) is 96.9 Å². The molecule has 0 radical (unpaired) electrons. The van der Waals surface area contributed by atoms with Crippen LogP contribution >= 0.6 is 0 Å². The van der Waals surface area contributed by atoms with Crippen LogP contribution in [0.5, 0.6) is 0 Å². The number of aromatic nitrogens is 2. The summed E-state index contributed by atoms with van der Waals surface area (Å²) in [5, 5.41) is 16.4. The van der Waals surface area contributed by atoms with Gasteiger partial charge in [0.2, 0.25) is 5.78 Å². The summed E-state index contributed by atoms with van der Waals surface area (Å²) in [6, 6.07) is 5.14. The molecule has 216 valence electrons. The number of carbonyl (C=O) groups excluding carboxylic acids is 1. The third kappa shape index (κ3) is 9.31. The summed E-state index contributed by atoms with van der Waals surface area (Å²) in [5.41, 5.74) is 5.98. The lowest BCUT2D eigenvalue weighted by atomic mass is 9.90. The zero-order chi connectivity index (χ0) is 27.8. The Kier molecular flexibility index (Phi) is 14.8. The van der Waals surface area contributed by atoms with Gasteiger partial charge in [-0.2, -0.15) is 5.10 Å². The van der Waals surface area contributed by atoms with Crippen LogP contribution in [0.1, 0.15) is 89.5 Å². The molecule has 0 aliphatic carbocycles. The van der Waals surface area contributed by atoms with E-state index in [0.717, 1.165) is 51.4 Å². The molecule has 2 heterocycles. The van der Waals surface area contributed by atoms with Crippen molar-refractivity contribution in [3.8, 4) is 0 Å². The molecule has 0 saturated carbocycles. The Morgan fingerprint density at radius 2 is 1.45 bits per heavy atom. The minimum absolute atomic E-state index is 0.0308. The van der Waals surface area contributed by atoms with E-state index in [2.05, 4.69) is 32.8 Å². The van der Waals surface area contributed by atoms with E-state index in [1.807, 2.05) is 0 Å². The molecule has 0 aromatic carbocycles. The largest absolute Gasteiger partial charge is 0.397 e. The van der Waals surface area contributed by atoms with Gasteiger partial charge in [-0.15, -0.1) is 0 Å². The molecule has 2 aromatic rings. The van der Waals surface area contributed by atoms with Crippen molar-refractivity contribution in [3.05, 3.63) is 30.1 Å². The van der Waals surface area contributed by atoms with E-state index in [1.165, 1.54) is 4.52 Å². The number of unbranched alkanes of at least 4 members (excludes halogenated alkanes) is 4. The molecule has 0 spiro atoms. The van der Waals surface area contributed by atoms with Gasteiger partial charge in [0.25, 0.3) is 0 Å². The summed E-state index contributed by atoms with van der Waals surface area (Å²) in [7, 11) is 0. The number of rotatable bonds is 22. The van der Waals surface area contributed by atoms with Gasteiger partial charge in [-0.25, -0.2) is 4.52 Å². The highest BCUT2D eigenvalue weighted by Crippen LogP contribution is 2.26. The van der Waals surface area contributed by atoms with Crippen LogP contribution in [-0.4, -0.2) is 78.0 Å². The number of nitrogen functional groups attached to an aromatic ring is 1. The van der Waals surface area contributed by atoms with Crippen LogP contribution in [0.3, 0.4) is 0 Å². The Hall–Kier alpha value is -2.04. The van der Waals surface area contributed by atoms with Crippen molar-refractivity contribution in [2.24, 2.45) is 0 Å². The number of Topliss-reactive ketones (excluding diaryl/α,β-unsaturated/α-hetero) is 1. The van der Waals surface area contributed by atoms with E-state index >= 15 is 0 Å². The van der Waals surface area contributed by atoms with Crippen LogP contribution in [0.25, 0.3) is 5.52 Å². The second kappa shape index (κ2) is 17.5. The molecule has 38 heavy (non-hydrogen) atoms. The van der Waals surface area contributed by atoms with Crippen molar-refractivity contribution in [1.29, 1.82) is 0 Å². The van der Waals surface area contributed by atoms with Crippen LogP contribution in [0.4, 0.5) is 5.69 Å². The van der Waals surface area contributed by atoms with E-state index in [0.29, 0.717) is 43.3 Å². The van der Waals surface area contributed by atoms with Crippen molar-refractivity contribution in [2.75, 3.05) is 45.4 Å². The molecule has 2 rings (SSSR count). The quantitative estimate of drug-likeness (QED) is 0.163. The maximum absolute atomic E-state index is 14.1. The standard InChI is InChI=1S/C29H49N3O6/c1-5-9-17-35-21-29(34,22-36-18-10-6-2)28(38-20-12-8-4)27(37-19-11-7-3)26(33)25-14-13-24-23(30)15-16-31-32(24)25/h13-16,27-28,34H,5-12,17-22,30H2,1-4H3/t27-,28-/m0/s1. The zero-order valence-corrected chi connectivity index (χ0v) is 23.8. The average molecular weight is 536 g/mol. The highest BCUT2D eigenvalue weighted by atomic mass is 16.6. The van der Waals surface area contributed by atoms with Crippen LogP contribution in [0.15, 0.2) is 24.4 Å². The molecule has 3 N–H and O–H groups in total. The lowest BCUT2D eigenvalue weighted by Gasteiger charge is -2.39. The Morgan fingerprint density at radius 3 is 2.03 bits per heavy atom. The van der Waals surface area contributed by atoms with Gasteiger partial charge >= 0.3 is 0 Å². The monoisotopic (exact) mass is 535 g/mol. The number of hydrogen-bond donors (Lipinski definition) is 2. The Bertz CT molecular complexity index is 922. The van der Waals surface area contributed by atoms with Crippen LogP contribution in [0.2, 0.25) is 0 Å². The van der Waals surface area contributed by atoms with Crippen LogP contribution < -0.4 is 5.73 Å². The van der Waals surface area contributed by atoms with Gasteiger partial charge in [0.05, 0.1) is 24.4 Å². The van der Waals surface area contributed by atoms with Gasteiger partial charge in [-0.3, -0.25) is 4.79 Å². The van der Waals surface area contributed by atoms with Gasteiger partial charge in [-0.1, -0.05) is 53.4 Å². The fourth-order valence-electron chi connectivity index (χ4n) is 4.10. The van der Waals surface area contributed by atoms with E-state index in [9.17, 15) is 9.90 Å². The summed E-state index contributed by atoms with van der Waals surface area (Å²) in [4.78, 5) is 14.1. The SMILES string of the molecule is CCCCOCC(O)(COCCCC)[C@@H](OCCCC)[C@@H](OCCCC)C(=O)c1ccc2c(N)ccnn12. The predicted molar refractivity (Wildman–Crippen MR) is 150 cm³/mol. The van der Waals surface area contributed by atoms with Crippen molar-refractivity contribution in [3.63, 3.8) is 0 Å². The van der Waals surface area contributed by atoms with Gasteiger partial charge < -0.3 is 29.8 Å². The third-order valence-corrected chi connectivity index (χ3v) is 6.48. The lowest BCUT2D eigenvalue weighted by Crippen LogP contribution is -2.59. The first kappa shape index (κ1) is 32.2. The summed E-state index contributed by atoms with van der Waals surface area (Å²) < 4.78 is 25.9. The second-order valence-electron chi connectivity index (χ2n) is 9.87. The highest BCUT2D eigenvalue weighted by Gasteiger charge is 2.47. The fourth-order valence-corrected chi connectivity index (χ4v) is 4.10. The Morgan fingerprint density at radius 1 is 0.895 bits per heavy atom. The molecule has 2 aromatic heterocycles. The van der Waals surface area contributed by atoms with E-state index in [-0.39, 0.29) is 19.0 Å². The number of hydrogen-bond acceptors (Lipinski definition) is 8. The topological polar surface area (TPSA) is 118 Å². The van der Waals surface area contributed by atoms with Crippen molar-refractivity contribution >= 4 is 17.0 Å². The maximum Gasteiger partial charge on any atom is 0.212 e. The minimum Gasteiger partial charge on any atom is -0.397 e. The predicted octanol–water partition coefficient (Wildman–Crippen LogP) is 4.83. The lowest BCUT2D eigenvalue weighted by molar-refractivity contribution is -0.200. The normalized spacial score (nSPS) is 13.7. The molecule has 0 aliphatic rings. The van der Waals surface area contributed by atoms with Crippen LogP contribution in [0, 0.1) is 0 Å². The van der Waals surface area contributed by atoms with Gasteiger partial charge in [-0.05, 0) is 43.9 Å². The number of carbonyl (C=O) groups is 1. The number of aliphatic hydroxyl groups is 1. The van der Waals surface area contributed by atoms with Gasteiger partial charge in [0.15, 0.2) is 6.10 Å². The molecular weight excluding hydrogens is 486 g/mol. The molecule has 0 aliphatic heterocycles. The summed E-state index contributed by atoms with van der Waals surface area (Å²) in [6.45, 7) is 9.94. The molecule has 2 atom stereocenters. The first-order valence-electron chi connectivity index (χ1n) is 14.3. The Labute approximate surface area is 228 Å². The second-order valence-corrected chi connectivity index (χ2v) is 9.87. The molecule has 0 unspecified atom stereocenters. The van der Waals surface area contributed by atoms with Gasteiger partial charge in [0, 0.05) is 32.6 Å². The third-order valence-electron chi connectivity index (χ3n) is 6.48. The van der Waals surface area contributed by atoms with Crippen LogP contribution in [-0.2, 0) is 18.9 Å². The zero-order valence-electron chi connectivity index (χ0n) is 23.8. The number of nitrogens with two attached hydrogens (primary N) is 1. The maximum atomic E-state index is 14.1. The minimum atomic E-state index is -1.60. The molecule has 9 nitrogen and oxygen atoms in total. The van der Waals surface area contributed by atoms with Crippen molar-refractivity contribution < 1.29 is 28.8 Å². The molecule has 9 heteroatoms. The molecule has 0 saturated heterocycles. The Balaban J connectivity index is 2.48. The number of nitrogens with zero attached hydrogens (tertiary/aromatic N) is 2. The van der Waals surface area contributed by atoms with E-state index in [1.54, 1.807) is 24.4 Å².